The molecule has 21 heavy (non-hydrogen) atoms. The maximum Gasteiger partial charge on any atom is 0.219 e. The molecule has 104 valence electrons. The number of ether oxygens (including phenoxy) is 1. The normalized spacial score (nSPS) is 10.4. The molecule has 0 fully saturated rings. The van der Waals surface area contributed by atoms with Gasteiger partial charge in [-0.2, -0.15) is 0 Å². The van der Waals surface area contributed by atoms with E-state index in [1.807, 2.05) is 55.5 Å². The molecule has 2 nitrogen and oxygen atoms in total. The number of benzene rings is 2. The van der Waals surface area contributed by atoms with Crippen LogP contribution in [-0.4, -0.2) is 4.98 Å². The Labute approximate surface area is 132 Å². The minimum absolute atomic E-state index is 0.596. The summed E-state index contributed by atoms with van der Waals surface area (Å²) >= 11 is 3.45. The molecule has 3 heteroatoms. The van der Waals surface area contributed by atoms with Crippen molar-refractivity contribution in [2.75, 3.05) is 0 Å². The molecule has 0 bridgehead atoms. The zero-order chi connectivity index (χ0) is 14.7. The third-order valence-electron chi connectivity index (χ3n) is 3.18. The Morgan fingerprint density at radius 1 is 0.857 bits per heavy atom. The number of rotatable bonds is 3. The van der Waals surface area contributed by atoms with Crippen molar-refractivity contribution in [1.29, 1.82) is 0 Å². The molecule has 0 amide bonds. The predicted molar refractivity (Wildman–Crippen MR) is 88.6 cm³/mol. The number of para-hydroxylation sites is 1. The van der Waals surface area contributed by atoms with E-state index in [0.717, 1.165) is 27.0 Å². The van der Waals surface area contributed by atoms with Gasteiger partial charge in [-0.1, -0.05) is 48.5 Å². The second-order valence-electron chi connectivity index (χ2n) is 4.68. The number of hydrogen-bond acceptors (Lipinski definition) is 2. The third-order valence-corrected chi connectivity index (χ3v) is 4.02. The zero-order valence-corrected chi connectivity index (χ0v) is 13.2. The van der Waals surface area contributed by atoms with Crippen LogP contribution in [0.25, 0.3) is 11.1 Å². The SMILES string of the molecule is Cc1nc(Oc2ccccc2-c2ccccc2)ccc1Br. The number of aromatic nitrogens is 1. The van der Waals surface area contributed by atoms with Crippen molar-refractivity contribution in [1.82, 2.24) is 4.98 Å². The third kappa shape index (κ3) is 3.14. The van der Waals surface area contributed by atoms with Crippen molar-refractivity contribution in [2.24, 2.45) is 0 Å². The van der Waals surface area contributed by atoms with Crippen molar-refractivity contribution in [3.8, 4) is 22.8 Å². The van der Waals surface area contributed by atoms with Crippen LogP contribution >= 0.6 is 15.9 Å². The Balaban J connectivity index is 1.98. The van der Waals surface area contributed by atoms with E-state index in [0.29, 0.717) is 5.88 Å². The summed E-state index contributed by atoms with van der Waals surface area (Å²) in [6.07, 6.45) is 0. The molecule has 0 aliphatic carbocycles. The predicted octanol–water partition coefficient (Wildman–Crippen LogP) is 5.61. The first kappa shape index (κ1) is 13.8. The highest BCUT2D eigenvalue weighted by Crippen LogP contribution is 2.32. The lowest BCUT2D eigenvalue weighted by Gasteiger charge is -2.11. The van der Waals surface area contributed by atoms with Gasteiger partial charge >= 0.3 is 0 Å². The van der Waals surface area contributed by atoms with Crippen molar-refractivity contribution >= 4 is 15.9 Å². The van der Waals surface area contributed by atoms with Crippen LogP contribution < -0.4 is 4.74 Å². The van der Waals surface area contributed by atoms with Gasteiger partial charge in [-0.3, -0.25) is 0 Å². The first-order valence-corrected chi connectivity index (χ1v) is 7.49. The molecule has 0 saturated carbocycles. The highest BCUT2D eigenvalue weighted by Gasteiger charge is 2.08. The minimum atomic E-state index is 0.596. The average molecular weight is 340 g/mol. The molecule has 0 radical (unpaired) electrons. The van der Waals surface area contributed by atoms with E-state index in [1.165, 1.54) is 0 Å². The lowest BCUT2D eigenvalue weighted by atomic mass is 10.1. The Hall–Kier alpha value is -2.13. The number of aryl methyl sites for hydroxylation is 1. The highest BCUT2D eigenvalue weighted by atomic mass is 79.9. The number of nitrogens with zero attached hydrogens (tertiary/aromatic N) is 1. The number of pyridine rings is 1. The van der Waals surface area contributed by atoms with E-state index in [2.05, 4.69) is 39.1 Å². The van der Waals surface area contributed by atoms with E-state index in [1.54, 1.807) is 0 Å². The molecule has 0 spiro atoms. The smallest absolute Gasteiger partial charge is 0.219 e. The Bertz CT molecular complexity index is 756. The number of hydrogen-bond donors (Lipinski definition) is 0. The fraction of sp³-hybridized carbons (Fsp3) is 0.0556. The highest BCUT2D eigenvalue weighted by molar-refractivity contribution is 9.10. The molecule has 0 N–H and O–H groups in total. The van der Waals surface area contributed by atoms with Crippen molar-refractivity contribution in [3.05, 3.63) is 76.9 Å². The van der Waals surface area contributed by atoms with Crippen molar-refractivity contribution < 1.29 is 4.74 Å². The summed E-state index contributed by atoms with van der Waals surface area (Å²) in [4.78, 5) is 4.43. The van der Waals surface area contributed by atoms with Gasteiger partial charge in [-0.05, 0) is 40.5 Å². The summed E-state index contributed by atoms with van der Waals surface area (Å²) in [7, 11) is 0. The topological polar surface area (TPSA) is 22.1 Å². The second kappa shape index (κ2) is 6.10. The summed E-state index contributed by atoms with van der Waals surface area (Å²) in [6.45, 7) is 1.94. The quantitative estimate of drug-likeness (QED) is 0.618. The standard InChI is InChI=1S/C18H14BrNO/c1-13-16(19)11-12-18(20-13)21-17-10-6-5-9-15(17)14-7-3-2-4-8-14/h2-12H,1H3. The van der Waals surface area contributed by atoms with Crippen LogP contribution in [0.5, 0.6) is 11.6 Å². The van der Waals surface area contributed by atoms with Crippen molar-refractivity contribution in [2.45, 2.75) is 6.92 Å². The van der Waals surface area contributed by atoms with Crippen LogP contribution in [0.1, 0.15) is 5.69 Å². The van der Waals surface area contributed by atoms with Crippen LogP contribution in [0.3, 0.4) is 0 Å². The van der Waals surface area contributed by atoms with Gasteiger partial charge in [0, 0.05) is 16.1 Å². The van der Waals surface area contributed by atoms with Gasteiger partial charge in [-0.25, -0.2) is 4.98 Å². The number of halogens is 1. The van der Waals surface area contributed by atoms with Gasteiger partial charge in [0.25, 0.3) is 0 Å². The molecule has 0 atom stereocenters. The molecule has 0 unspecified atom stereocenters. The first-order chi connectivity index (χ1) is 10.2. The molecular weight excluding hydrogens is 326 g/mol. The largest absolute Gasteiger partial charge is 0.438 e. The maximum absolute atomic E-state index is 5.97. The summed E-state index contributed by atoms with van der Waals surface area (Å²) in [5.41, 5.74) is 3.09. The molecule has 0 aliphatic rings. The summed E-state index contributed by atoms with van der Waals surface area (Å²) < 4.78 is 6.95. The van der Waals surface area contributed by atoms with Crippen LogP contribution in [0.4, 0.5) is 0 Å². The Morgan fingerprint density at radius 2 is 1.57 bits per heavy atom. The van der Waals surface area contributed by atoms with Gasteiger partial charge in [0.2, 0.25) is 5.88 Å². The molecule has 1 heterocycles. The lowest BCUT2D eigenvalue weighted by Crippen LogP contribution is -1.92. The van der Waals surface area contributed by atoms with E-state index < -0.39 is 0 Å². The first-order valence-electron chi connectivity index (χ1n) is 6.69. The van der Waals surface area contributed by atoms with Gasteiger partial charge < -0.3 is 4.74 Å². The van der Waals surface area contributed by atoms with Crippen LogP contribution in [0.15, 0.2) is 71.2 Å². The van der Waals surface area contributed by atoms with E-state index in [9.17, 15) is 0 Å². The summed E-state index contributed by atoms with van der Waals surface area (Å²) in [6, 6.07) is 22.0. The average Bonchev–Trinajstić information content (AvgIpc) is 2.52. The van der Waals surface area contributed by atoms with Gasteiger partial charge in [0.15, 0.2) is 0 Å². The van der Waals surface area contributed by atoms with Gasteiger partial charge in [0.05, 0.1) is 5.69 Å². The molecule has 2 aromatic carbocycles. The molecule has 1 aromatic heterocycles. The molecular formula is C18H14BrNO. The molecule has 0 aliphatic heterocycles. The fourth-order valence-electron chi connectivity index (χ4n) is 2.10. The second-order valence-corrected chi connectivity index (χ2v) is 5.54. The Morgan fingerprint density at radius 3 is 2.33 bits per heavy atom. The van der Waals surface area contributed by atoms with Crippen molar-refractivity contribution in [3.63, 3.8) is 0 Å². The van der Waals surface area contributed by atoms with E-state index in [4.69, 9.17) is 4.74 Å². The van der Waals surface area contributed by atoms with E-state index in [-0.39, 0.29) is 0 Å². The minimum Gasteiger partial charge on any atom is -0.438 e. The molecule has 0 saturated heterocycles. The maximum atomic E-state index is 5.97. The van der Waals surface area contributed by atoms with Gasteiger partial charge in [0.1, 0.15) is 5.75 Å². The summed E-state index contributed by atoms with van der Waals surface area (Å²) in [5.74, 6) is 1.40. The summed E-state index contributed by atoms with van der Waals surface area (Å²) in [5, 5.41) is 0. The van der Waals surface area contributed by atoms with Crippen LogP contribution in [0.2, 0.25) is 0 Å². The lowest BCUT2D eigenvalue weighted by molar-refractivity contribution is 0.463. The fourth-order valence-corrected chi connectivity index (χ4v) is 2.32. The van der Waals surface area contributed by atoms with E-state index >= 15 is 0 Å². The van der Waals surface area contributed by atoms with Crippen LogP contribution in [-0.2, 0) is 0 Å². The zero-order valence-electron chi connectivity index (χ0n) is 11.6. The molecule has 3 rings (SSSR count). The molecule has 3 aromatic rings. The Kier molecular flexibility index (Phi) is 4.02. The van der Waals surface area contributed by atoms with Crippen LogP contribution in [0, 0.1) is 6.92 Å². The van der Waals surface area contributed by atoms with Gasteiger partial charge in [-0.15, -0.1) is 0 Å². The monoisotopic (exact) mass is 339 g/mol.